The van der Waals surface area contributed by atoms with Gasteiger partial charge in [-0.2, -0.15) is 5.10 Å². The van der Waals surface area contributed by atoms with E-state index in [1.807, 2.05) is 10.8 Å². The number of halogens is 1. The van der Waals surface area contributed by atoms with Crippen molar-refractivity contribution >= 4 is 10.9 Å². The number of hydrogen-bond donors (Lipinski definition) is 3. The lowest BCUT2D eigenvalue weighted by Crippen LogP contribution is -2.04. The number of hydrogen-bond acceptors (Lipinski definition) is 3. The molecule has 0 atom stereocenters. The summed E-state index contributed by atoms with van der Waals surface area (Å²) in [4.78, 5) is 13.8. The molecule has 0 spiro atoms. The molecule has 3 aromatic rings. The van der Waals surface area contributed by atoms with Gasteiger partial charge < -0.3 is 10.3 Å². The third-order valence-corrected chi connectivity index (χ3v) is 3.20. The summed E-state index contributed by atoms with van der Waals surface area (Å²) in [5.74, 6) is 0.0744. The Balaban J connectivity index is 2.20. The molecule has 0 radical (unpaired) electrons. The number of nitrogens with one attached hydrogen (secondary N) is 2. The molecule has 0 aliphatic rings. The predicted molar refractivity (Wildman–Crippen MR) is 73.8 cm³/mol. The first-order valence-electron chi connectivity index (χ1n) is 6.32. The molecular formula is C13H14FN5O. The smallest absolute Gasteiger partial charge is 0.340 e. The average molecular weight is 275 g/mol. The third kappa shape index (κ3) is 2.12. The van der Waals surface area contributed by atoms with Gasteiger partial charge in [-0.3, -0.25) is 4.98 Å². The van der Waals surface area contributed by atoms with Crippen molar-refractivity contribution in [1.29, 1.82) is 0 Å². The van der Waals surface area contributed by atoms with E-state index in [1.165, 1.54) is 12.1 Å². The van der Waals surface area contributed by atoms with Gasteiger partial charge in [0.2, 0.25) is 0 Å². The molecule has 1 aromatic carbocycles. The van der Waals surface area contributed by atoms with Gasteiger partial charge in [0.25, 0.3) is 0 Å². The summed E-state index contributed by atoms with van der Waals surface area (Å²) in [6.45, 7) is 1.31. The first-order valence-corrected chi connectivity index (χ1v) is 6.32. The molecule has 0 saturated heterocycles. The summed E-state index contributed by atoms with van der Waals surface area (Å²) in [5.41, 5.74) is 6.72. The summed E-state index contributed by atoms with van der Waals surface area (Å²) in [7, 11) is 0. The second-order valence-electron chi connectivity index (χ2n) is 4.57. The highest BCUT2D eigenvalue weighted by atomic mass is 19.1. The van der Waals surface area contributed by atoms with Gasteiger partial charge in [-0.15, -0.1) is 0 Å². The lowest BCUT2D eigenvalue weighted by atomic mass is 10.1. The summed E-state index contributed by atoms with van der Waals surface area (Å²) >= 11 is 0. The molecule has 4 N–H and O–H groups in total. The molecule has 20 heavy (non-hydrogen) atoms. The first kappa shape index (κ1) is 12.6. The minimum Gasteiger partial charge on any atom is -0.347 e. The van der Waals surface area contributed by atoms with Gasteiger partial charge in [-0.05, 0) is 31.2 Å². The highest BCUT2D eigenvalue weighted by Gasteiger charge is 2.13. The third-order valence-electron chi connectivity index (χ3n) is 3.20. The molecule has 0 saturated carbocycles. The largest absolute Gasteiger partial charge is 0.347 e. The van der Waals surface area contributed by atoms with Crippen LogP contribution in [0.1, 0.15) is 6.42 Å². The highest BCUT2D eigenvalue weighted by molar-refractivity contribution is 5.94. The summed E-state index contributed by atoms with van der Waals surface area (Å²) < 4.78 is 15.5. The van der Waals surface area contributed by atoms with Crippen molar-refractivity contribution in [3.63, 3.8) is 0 Å². The number of nitrogens with two attached hydrogens (primary N) is 1. The van der Waals surface area contributed by atoms with E-state index in [4.69, 9.17) is 5.73 Å². The number of rotatable bonds is 4. The number of H-pyrrole nitrogens is 2. The van der Waals surface area contributed by atoms with Crippen LogP contribution in [0.15, 0.2) is 29.2 Å². The molecule has 2 heterocycles. The molecule has 0 bridgehead atoms. The molecule has 0 amide bonds. The Morgan fingerprint density at radius 2 is 2.25 bits per heavy atom. The molecule has 3 rings (SSSR count). The Labute approximate surface area is 113 Å². The van der Waals surface area contributed by atoms with Crippen molar-refractivity contribution in [3.8, 4) is 11.4 Å². The number of aryl methyl sites for hydroxylation is 1. The van der Waals surface area contributed by atoms with E-state index >= 15 is 0 Å². The van der Waals surface area contributed by atoms with Crippen molar-refractivity contribution in [2.24, 2.45) is 5.73 Å². The minimum absolute atomic E-state index is 0.326. The summed E-state index contributed by atoms with van der Waals surface area (Å²) in [6.07, 6.45) is 2.67. The SMILES string of the molecule is NCCCn1cc(-c2n[nH]c(=O)[nH]2)c2cc(F)ccc21. The quantitative estimate of drug-likeness (QED) is 0.668. The fraction of sp³-hybridized carbons (Fsp3) is 0.231. The van der Waals surface area contributed by atoms with E-state index in [0.29, 0.717) is 23.3 Å². The molecule has 2 aromatic heterocycles. The van der Waals surface area contributed by atoms with Crippen LogP contribution in [0.3, 0.4) is 0 Å². The molecule has 6 nitrogen and oxygen atoms in total. The van der Waals surface area contributed by atoms with Gasteiger partial charge in [-0.1, -0.05) is 0 Å². The van der Waals surface area contributed by atoms with E-state index in [9.17, 15) is 9.18 Å². The number of aromatic nitrogens is 4. The molecule has 7 heteroatoms. The van der Waals surface area contributed by atoms with E-state index in [0.717, 1.165) is 18.5 Å². The Morgan fingerprint density at radius 1 is 1.40 bits per heavy atom. The standard InChI is InChI=1S/C13H14FN5O/c14-8-2-3-11-9(6-8)10(7-19(11)5-1-4-15)12-16-13(20)18-17-12/h2-3,6-7H,1,4-5,15H2,(H2,16,17,18,20). The lowest BCUT2D eigenvalue weighted by Gasteiger charge is -2.03. The van der Waals surface area contributed by atoms with E-state index in [-0.39, 0.29) is 11.5 Å². The first-order chi connectivity index (χ1) is 9.69. The Morgan fingerprint density at radius 3 is 2.95 bits per heavy atom. The Kier molecular flexibility index (Phi) is 3.11. The monoisotopic (exact) mass is 275 g/mol. The fourth-order valence-electron chi connectivity index (χ4n) is 2.30. The van der Waals surface area contributed by atoms with Crippen molar-refractivity contribution in [2.75, 3.05) is 6.54 Å². The average Bonchev–Trinajstić information content (AvgIpc) is 3.00. The van der Waals surface area contributed by atoms with Crippen LogP contribution in [-0.2, 0) is 6.54 Å². The van der Waals surface area contributed by atoms with Crippen LogP contribution < -0.4 is 11.4 Å². The van der Waals surface area contributed by atoms with Gasteiger partial charge in [0.15, 0.2) is 5.82 Å². The van der Waals surface area contributed by atoms with Crippen molar-refractivity contribution < 1.29 is 4.39 Å². The zero-order valence-electron chi connectivity index (χ0n) is 10.7. The summed E-state index contributed by atoms with van der Waals surface area (Å²) in [5, 5.41) is 6.93. The molecule has 0 unspecified atom stereocenters. The number of nitrogens with zero attached hydrogens (tertiary/aromatic N) is 2. The zero-order valence-corrected chi connectivity index (χ0v) is 10.7. The van der Waals surface area contributed by atoms with Crippen LogP contribution in [0.2, 0.25) is 0 Å². The fourth-order valence-corrected chi connectivity index (χ4v) is 2.30. The van der Waals surface area contributed by atoms with Gasteiger partial charge in [0.1, 0.15) is 5.82 Å². The maximum absolute atomic E-state index is 13.5. The van der Waals surface area contributed by atoms with E-state index in [2.05, 4.69) is 15.2 Å². The van der Waals surface area contributed by atoms with E-state index in [1.54, 1.807) is 6.07 Å². The van der Waals surface area contributed by atoms with Crippen molar-refractivity contribution in [1.82, 2.24) is 19.7 Å². The topological polar surface area (TPSA) is 92.5 Å². The van der Waals surface area contributed by atoms with Gasteiger partial charge in [-0.25, -0.2) is 14.3 Å². The Bertz CT molecular complexity index is 801. The van der Waals surface area contributed by atoms with Gasteiger partial charge in [0.05, 0.1) is 0 Å². The van der Waals surface area contributed by atoms with Crippen LogP contribution in [-0.4, -0.2) is 26.3 Å². The normalized spacial score (nSPS) is 11.3. The second-order valence-corrected chi connectivity index (χ2v) is 4.57. The van der Waals surface area contributed by atoms with Gasteiger partial charge >= 0.3 is 5.69 Å². The number of benzene rings is 1. The maximum atomic E-state index is 13.5. The molecular weight excluding hydrogens is 261 g/mol. The summed E-state index contributed by atoms with van der Waals surface area (Å²) in [6, 6.07) is 4.57. The van der Waals surface area contributed by atoms with Crippen LogP contribution in [0.4, 0.5) is 4.39 Å². The maximum Gasteiger partial charge on any atom is 0.340 e. The van der Waals surface area contributed by atoms with Crippen molar-refractivity contribution in [3.05, 3.63) is 40.7 Å². The van der Waals surface area contributed by atoms with Crippen LogP contribution in [0.5, 0.6) is 0 Å². The van der Waals surface area contributed by atoms with Crippen LogP contribution in [0, 0.1) is 5.82 Å². The lowest BCUT2D eigenvalue weighted by molar-refractivity contribution is 0.629. The van der Waals surface area contributed by atoms with Crippen LogP contribution >= 0.6 is 0 Å². The van der Waals surface area contributed by atoms with E-state index < -0.39 is 0 Å². The predicted octanol–water partition coefficient (Wildman–Crippen LogP) is 1.21. The molecule has 0 fully saturated rings. The van der Waals surface area contributed by atoms with Crippen molar-refractivity contribution in [2.45, 2.75) is 13.0 Å². The zero-order chi connectivity index (χ0) is 14.1. The highest BCUT2D eigenvalue weighted by Crippen LogP contribution is 2.28. The number of aromatic amines is 2. The molecule has 0 aliphatic carbocycles. The van der Waals surface area contributed by atoms with Gasteiger partial charge in [0, 0.05) is 29.2 Å². The van der Waals surface area contributed by atoms with Crippen LogP contribution in [0.25, 0.3) is 22.3 Å². The minimum atomic E-state index is -0.390. The molecule has 0 aliphatic heterocycles. The number of fused-ring (bicyclic) bond motifs is 1. The molecule has 104 valence electrons. The second kappa shape index (κ2) is 4.93. The Hall–Kier alpha value is -2.41.